The Balaban J connectivity index is 0.905. The van der Waals surface area contributed by atoms with E-state index in [0.717, 1.165) is 16.5 Å². The number of aryl methyl sites for hydroxylation is 1. The van der Waals surface area contributed by atoms with Crippen LogP contribution in [0.2, 0.25) is 0 Å². The van der Waals surface area contributed by atoms with E-state index in [2.05, 4.69) is 21.3 Å². The van der Waals surface area contributed by atoms with Crippen molar-refractivity contribution < 1.29 is 62.8 Å². The van der Waals surface area contributed by atoms with E-state index in [-0.39, 0.29) is 81.1 Å². The van der Waals surface area contributed by atoms with Crippen LogP contribution in [-0.2, 0) is 65.2 Å². The molecular formula is C53H65N9O14. The van der Waals surface area contributed by atoms with Crippen LogP contribution in [0.3, 0.4) is 0 Å². The zero-order valence-corrected chi connectivity index (χ0v) is 43.4. The van der Waals surface area contributed by atoms with Gasteiger partial charge in [0.2, 0.25) is 17.7 Å². The van der Waals surface area contributed by atoms with E-state index in [9.17, 15) is 53.4 Å². The van der Waals surface area contributed by atoms with E-state index < -0.39 is 83.3 Å². The summed E-state index contributed by atoms with van der Waals surface area (Å²) >= 11 is 0. The molecule has 3 aliphatic rings. The molecule has 4 heterocycles. The monoisotopic (exact) mass is 1050 g/mol. The molecule has 0 spiro atoms. The molecule has 2 aliphatic heterocycles. The summed E-state index contributed by atoms with van der Waals surface area (Å²) in [6, 6.07) is 10.2. The summed E-state index contributed by atoms with van der Waals surface area (Å²) in [6.07, 6.45) is 0.897. The number of hydrogen-bond acceptors (Lipinski definition) is 14. The Labute approximate surface area is 437 Å². The number of anilines is 1. The highest BCUT2D eigenvalue weighted by molar-refractivity contribution is 5.99. The minimum Gasteiger partial charge on any atom is -0.481 e. The number of cyclic esters (lactones) is 1. The summed E-state index contributed by atoms with van der Waals surface area (Å²) in [7, 11) is 3.04. The second-order valence-electron chi connectivity index (χ2n) is 19.7. The lowest BCUT2D eigenvalue weighted by atomic mass is 9.86. The van der Waals surface area contributed by atoms with Crippen LogP contribution in [0.15, 0.2) is 53.3 Å². The van der Waals surface area contributed by atoms with Gasteiger partial charge in [-0.05, 0) is 92.0 Å². The molecule has 2 aromatic carbocycles. The van der Waals surface area contributed by atoms with Gasteiger partial charge in [-0.15, -0.1) is 0 Å². The number of aliphatic hydroxyl groups is 1. The number of aliphatic carboxylic acids is 1. The number of ether oxygens (including phenoxy) is 3. The van der Waals surface area contributed by atoms with Crippen molar-refractivity contribution in [1.29, 1.82) is 0 Å². The van der Waals surface area contributed by atoms with Gasteiger partial charge in [0.15, 0.2) is 5.60 Å². The summed E-state index contributed by atoms with van der Waals surface area (Å²) in [4.78, 5) is 124. The summed E-state index contributed by atoms with van der Waals surface area (Å²) in [5.41, 5.74) is 7.61. The predicted molar refractivity (Wildman–Crippen MR) is 274 cm³/mol. The number of hydrogen-bond donors (Lipinski definition) is 7. The third-order valence-corrected chi connectivity index (χ3v) is 14.3. The molecule has 23 nitrogen and oxygen atoms in total. The average molecular weight is 1050 g/mol. The summed E-state index contributed by atoms with van der Waals surface area (Å²) in [5.74, 6) is -5.43. The largest absolute Gasteiger partial charge is 0.481 e. The van der Waals surface area contributed by atoms with Crippen LogP contribution in [0.5, 0.6) is 5.75 Å². The van der Waals surface area contributed by atoms with Crippen molar-refractivity contribution in [3.05, 3.63) is 86.7 Å². The number of likely N-dealkylation sites (N-methyl/N-ethyl adjacent to an activating group) is 2. The second-order valence-corrected chi connectivity index (χ2v) is 19.7. The Bertz CT molecular complexity index is 3000. The number of rotatable bonds is 20. The number of carboxylic acids is 1. The first-order valence-corrected chi connectivity index (χ1v) is 25.4. The molecule has 406 valence electrons. The number of pyridine rings is 2. The average Bonchev–Trinajstić information content (AvgIpc) is 4.08. The van der Waals surface area contributed by atoms with Crippen molar-refractivity contribution in [1.82, 2.24) is 35.3 Å². The molecule has 76 heavy (non-hydrogen) atoms. The number of esters is 1. The normalized spacial score (nSPS) is 18.0. The SMILES string of the molecule is CCc1c2c(nc3ccc(OC(=O)N(C)CCN(C)C(=O)OCc4ccc(NC(=O)[C@H](CCCNC(N)=O)NC(=O)[C@@H](NC(=O)C5CCCC5C(=O)O)C(C)C)cc4)cc13)-c1cc3c(c(=O)n1C2)COC(=O)[C@]3(O)CC. The summed E-state index contributed by atoms with van der Waals surface area (Å²) < 4.78 is 18.0. The standard InChI is InChI=1S/C53H65N9O14/c1-7-32-35-23-31(18-19-39(35)57-43-36(32)25-62-41(43)24-38-37(47(62)66)27-74-49(69)53(38,73)8-2)76-52(72)61(6)22-21-60(5)51(71)75-26-29-14-16-30(17-15-29)56-45(64)40(13-10-20-55-50(54)70)58-46(65)42(28(3)4)59-44(63)33-11-9-12-34(33)48(67)68/h14-19,23-24,28,33-34,40,42,73H,7-13,20-22,25-27H2,1-6H3,(H,56,64)(H,58,65)(H,59,63)(H,67,68)(H3,54,55,70)/t33?,34?,40-,42-,53-/m0/s1. The third-order valence-electron chi connectivity index (χ3n) is 14.3. The number of carbonyl (C=O) groups is 8. The van der Waals surface area contributed by atoms with Crippen LogP contribution in [-0.4, -0.2) is 123 Å². The molecule has 1 fully saturated rings. The topological polar surface area (TPSA) is 320 Å². The first kappa shape index (κ1) is 55.7. The van der Waals surface area contributed by atoms with E-state index in [1.165, 1.54) is 23.9 Å². The van der Waals surface area contributed by atoms with Gasteiger partial charge < -0.3 is 65.8 Å². The Morgan fingerprint density at radius 3 is 2.28 bits per heavy atom. The Morgan fingerprint density at radius 1 is 0.921 bits per heavy atom. The summed E-state index contributed by atoms with van der Waals surface area (Å²) in [6.45, 7) is 7.20. The maximum Gasteiger partial charge on any atom is 0.415 e. The molecular weight excluding hydrogens is 987 g/mol. The molecule has 0 saturated heterocycles. The lowest BCUT2D eigenvalue weighted by Gasteiger charge is -2.31. The van der Waals surface area contributed by atoms with E-state index in [1.54, 1.807) is 73.9 Å². The minimum absolute atomic E-state index is 0.0250. The number of urea groups is 1. The van der Waals surface area contributed by atoms with Crippen LogP contribution in [0.25, 0.3) is 22.3 Å². The number of carboxylic acid groups (broad SMARTS) is 1. The molecule has 0 radical (unpaired) electrons. The maximum atomic E-state index is 13.7. The molecule has 23 heteroatoms. The van der Waals surface area contributed by atoms with Crippen LogP contribution in [0.1, 0.15) is 94.0 Å². The van der Waals surface area contributed by atoms with Crippen molar-refractivity contribution in [3.63, 3.8) is 0 Å². The first-order chi connectivity index (χ1) is 36.1. The van der Waals surface area contributed by atoms with Crippen LogP contribution < -0.4 is 37.3 Å². The molecule has 1 saturated carbocycles. The number of primary amides is 1. The zero-order valence-electron chi connectivity index (χ0n) is 43.4. The van der Waals surface area contributed by atoms with Gasteiger partial charge in [0, 0.05) is 55.9 Å². The molecule has 7 amide bonds. The van der Waals surface area contributed by atoms with Gasteiger partial charge in [-0.2, -0.15) is 0 Å². The van der Waals surface area contributed by atoms with Gasteiger partial charge in [-0.1, -0.05) is 46.2 Å². The van der Waals surface area contributed by atoms with Crippen molar-refractivity contribution in [2.75, 3.05) is 39.0 Å². The smallest absolute Gasteiger partial charge is 0.415 e. The Kier molecular flexibility index (Phi) is 17.3. The number of amides is 7. The molecule has 0 bridgehead atoms. The Morgan fingerprint density at radius 2 is 1.62 bits per heavy atom. The van der Waals surface area contributed by atoms with Crippen molar-refractivity contribution in [2.24, 2.45) is 23.5 Å². The number of benzene rings is 2. The quantitative estimate of drug-likeness (QED) is 0.0430. The van der Waals surface area contributed by atoms with Crippen molar-refractivity contribution >= 4 is 64.5 Å². The fourth-order valence-electron chi connectivity index (χ4n) is 9.85. The molecule has 8 N–H and O–H groups in total. The van der Waals surface area contributed by atoms with Crippen LogP contribution >= 0.6 is 0 Å². The third kappa shape index (κ3) is 12.0. The molecule has 2 unspecified atom stereocenters. The second kappa shape index (κ2) is 23.6. The molecule has 1 aliphatic carbocycles. The highest BCUT2D eigenvalue weighted by Gasteiger charge is 2.46. The number of fused-ring (bicyclic) bond motifs is 5. The van der Waals surface area contributed by atoms with Gasteiger partial charge in [0.1, 0.15) is 31.0 Å². The Hall–Kier alpha value is -8.08. The number of carbonyl (C=O) groups excluding carboxylic acids is 7. The summed E-state index contributed by atoms with van der Waals surface area (Å²) in [5, 5.41) is 32.2. The zero-order chi connectivity index (χ0) is 55.2. The van der Waals surface area contributed by atoms with E-state index in [0.29, 0.717) is 53.8 Å². The van der Waals surface area contributed by atoms with Gasteiger partial charge in [0.25, 0.3) is 5.56 Å². The number of nitrogens with zero attached hydrogens (tertiary/aromatic N) is 4. The van der Waals surface area contributed by atoms with Gasteiger partial charge in [0.05, 0.1) is 40.8 Å². The van der Waals surface area contributed by atoms with E-state index >= 15 is 0 Å². The van der Waals surface area contributed by atoms with Gasteiger partial charge in [-0.25, -0.2) is 24.2 Å². The highest BCUT2D eigenvalue weighted by atomic mass is 16.6. The first-order valence-electron chi connectivity index (χ1n) is 25.4. The van der Waals surface area contributed by atoms with E-state index in [1.807, 2.05) is 6.92 Å². The maximum absolute atomic E-state index is 13.7. The van der Waals surface area contributed by atoms with Crippen molar-refractivity contribution in [2.45, 2.75) is 110 Å². The van der Waals surface area contributed by atoms with Gasteiger partial charge in [-0.3, -0.25) is 24.0 Å². The highest BCUT2D eigenvalue weighted by Crippen LogP contribution is 2.41. The molecule has 5 atom stereocenters. The fourth-order valence-corrected chi connectivity index (χ4v) is 9.85. The lowest BCUT2D eigenvalue weighted by molar-refractivity contribution is -0.172. The lowest BCUT2D eigenvalue weighted by Crippen LogP contribution is -2.55. The minimum atomic E-state index is -1.95. The number of nitrogens with one attached hydrogen (secondary N) is 4. The predicted octanol–water partition coefficient (Wildman–Crippen LogP) is 3.85. The van der Waals surface area contributed by atoms with E-state index in [4.69, 9.17) is 24.9 Å². The fraction of sp³-hybridized carbons (Fsp3) is 0.472. The molecule has 7 rings (SSSR count). The number of nitrogens with two attached hydrogens (primary N) is 1. The van der Waals surface area contributed by atoms with Crippen LogP contribution in [0, 0.1) is 17.8 Å². The van der Waals surface area contributed by atoms with Crippen LogP contribution in [0.4, 0.5) is 20.1 Å². The number of aromatic nitrogens is 2. The molecule has 4 aromatic rings. The molecule has 2 aromatic heterocycles. The van der Waals surface area contributed by atoms with Crippen molar-refractivity contribution in [3.8, 4) is 17.1 Å². The van der Waals surface area contributed by atoms with Gasteiger partial charge >= 0.3 is 30.2 Å².